The lowest BCUT2D eigenvalue weighted by Gasteiger charge is -2.29. The lowest BCUT2D eigenvalue weighted by molar-refractivity contribution is -0.124. The van der Waals surface area contributed by atoms with E-state index in [1.807, 2.05) is 0 Å². The third kappa shape index (κ3) is 6.39. The van der Waals surface area contributed by atoms with Gasteiger partial charge < -0.3 is 15.8 Å². The van der Waals surface area contributed by atoms with Crippen LogP contribution >= 0.6 is 24.8 Å². The summed E-state index contributed by atoms with van der Waals surface area (Å²) in [5, 5.41) is 3.01. The molecule has 1 aromatic carbocycles. The van der Waals surface area contributed by atoms with Gasteiger partial charge in [0.1, 0.15) is 0 Å². The van der Waals surface area contributed by atoms with Crippen LogP contribution in [0.3, 0.4) is 0 Å². The number of nitrogens with one attached hydrogen (secondary N) is 1. The van der Waals surface area contributed by atoms with Crippen LogP contribution in [-0.4, -0.2) is 49.7 Å². The van der Waals surface area contributed by atoms with E-state index in [0.29, 0.717) is 6.54 Å². The molecule has 2 aliphatic heterocycles. The molecule has 0 spiro atoms. The predicted octanol–water partition coefficient (Wildman–Crippen LogP) is 2.15. The number of halogens is 2. The molecule has 1 aromatic rings. The van der Waals surface area contributed by atoms with Crippen molar-refractivity contribution in [3.8, 4) is 0 Å². The molecule has 5 nitrogen and oxygen atoms in total. The Kier molecular flexibility index (Phi) is 10.5. The van der Waals surface area contributed by atoms with E-state index in [9.17, 15) is 4.79 Å². The van der Waals surface area contributed by atoms with Crippen molar-refractivity contribution < 1.29 is 9.53 Å². The highest BCUT2D eigenvalue weighted by Crippen LogP contribution is 2.19. The standard InChI is InChI=1S/C19H29N3O2.2ClH/c20-18(16-7-12-24-13-8-16)19(23)21-9-3-10-22-11-6-15-4-1-2-5-17(15)14-22;;/h1-2,4-5,16,18H,3,6-14,20H2,(H,21,23);2*1H. The second kappa shape index (κ2) is 11.8. The van der Waals surface area contributed by atoms with Crippen molar-refractivity contribution in [1.82, 2.24) is 10.2 Å². The highest BCUT2D eigenvalue weighted by atomic mass is 35.5. The fourth-order valence-electron chi connectivity index (χ4n) is 3.67. The zero-order valence-corrected chi connectivity index (χ0v) is 16.8. The maximum Gasteiger partial charge on any atom is 0.237 e. The number of hydrogen-bond acceptors (Lipinski definition) is 4. The second-order valence-corrected chi connectivity index (χ2v) is 6.92. The molecule has 1 fully saturated rings. The number of benzene rings is 1. The monoisotopic (exact) mass is 403 g/mol. The van der Waals surface area contributed by atoms with Crippen LogP contribution in [0, 0.1) is 5.92 Å². The summed E-state index contributed by atoms with van der Waals surface area (Å²) in [6.45, 7) is 5.29. The van der Waals surface area contributed by atoms with Crippen molar-refractivity contribution in [1.29, 1.82) is 0 Å². The molecule has 0 bridgehead atoms. The summed E-state index contributed by atoms with van der Waals surface area (Å²) >= 11 is 0. The normalized spacial score (nSPS) is 18.8. The van der Waals surface area contributed by atoms with Gasteiger partial charge in [0, 0.05) is 39.4 Å². The van der Waals surface area contributed by atoms with Crippen LogP contribution in [0.1, 0.15) is 30.4 Å². The summed E-state index contributed by atoms with van der Waals surface area (Å²) in [5.41, 5.74) is 9.01. The van der Waals surface area contributed by atoms with E-state index in [1.54, 1.807) is 0 Å². The van der Waals surface area contributed by atoms with Gasteiger partial charge in [-0.25, -0.2) is 0 Å². The minimum absolute atomic E-state index is 0. The van der Waals surface area contributed by atoms with Gasteiger partial charge in [-0.05, 0) is 42.7 Å². The first-order chi connectivity index (χ1) is 11.7. The number of carbonyl (C=O) groups is 1. The molecule has 0 aliphatic carbocycles. The number of ether oxygens (including phenoxy) is 1. The van der Waals surface area contributed by atoms with Crippen LogP contribution < -0.4 is 11.1 Å². The van der Waals surface area contributed by atoms with Gasteiger partial charge in [0.25, 0.3) is 0 Å². The van der Waals surface area contributed by atoms with Crippen LogP contribution in [0.5, 0.6) is 0 Å². The molecule has 0 aromatic heterocycles. The molecule has 1 atom stereocenters. The number of nitrogens with two attached hydrogens (primary N) is 1. The number of nitrogens with zero attached hydrogens (tertiary/aromatic N) is 1. The molecule has 2 heterocycles. The summed E-state index contributed by atoms with van der Waals surface area (Å²) in [6.07, 6.45) is 3.87. The Bertz CT molecular complexity index is 553. The van der Waals surface area contributed by atoms with Crippen LogP contribution in [-0.2, 0) is 22.5 Å². The van der Waals surface area contributed by atoms with Gasteiger partial charge in [0.2, 0.25) is 5.91 Å². The van der Waals surface area contributed by atoms with Gasteiger partial charge in [-0.15, -0.1) is 24.8 Å². The molecule has 2 aliphatic rings. The number of hydrogen-bond donors (Lipinski definition) is 2. The zero-order valence-electron chi connectivity index (χ0n) is 15.2. The molecule has 3 N–H and O–H groups in total. The smallest absolute Gasteiger partial charge is 0.237 e. The molecular weight excluding hydrogens is 373 g/mol. The minimum atomic E-state index is -0.393. The maximum absolute atomic E-state index is 12.2. The zero-order chi connectivity index (χ0) is 16.8. The van der Waals surface area contributed by atoms with Crippen LogP contribution in [0.25, 0.3) is 0 Å². The van der Waals surface area contributed by atoms with Crippen molar-refractivity contribution >= 4 is 30.7 Å². The van der Waals surface area contributed by atoms with E-state index in [4.69, 9.17) is 10.5 Å². The summed E-state index contributed by atoms with van der Waals surface area (Å²) in [7, 11) is 0. The molecule has 1 unspecified atom stereocenters. The van der Waals surface area contributed by atoms with E-state index >= 15 is 0 Å². The Hall–Kier alpha value is -0.850. The van der Waals surface area contributed by atoms with Gasteiger partial charge in [0.15, 0.2) is 0 Å². The summed E-state index contributed by atoms with van der Waals surface area (Å²) in [6, 6.07) is 8.28. The first-order valence-electron chi connectivity index (χ1n) is 9.14. The van der Waals surface area contributed by atoms with Gasteiger partial charge in [-0.1, -0.05) is 24.3 Å². The highest BCUT2D eigenvalue weighted by Gasteiger charge is 2.26. The average Bonchev–Trinajstić information content (AvgIpc) is 2.65. The molecule has 0 radical (unpaired) electrons. The summed E-state index contributed by atoms with van der Waals surface area (Å²) in [5.74, 6) is 0.253. The summed E-state index contributed by atoms with van der Waals surface area (Å²) < 4.78 is 5.33. The van der Waals surface area contributed by atoms with E-state index in [1.165, 1.54) is 11.1 Å². The van der Waals surface area contributed by atoms with Gasteiger partial charge >= 0.3 is 0 Å². The largest absolute Gasteiger partial charge is 0.381 e. The van der Waals surface area contributed by atoms with Crippen molar-refractivity contribution in [2.45, 2.75) is 38.3 Å². The van der Waals surface area contributed by atoms with Crippen molar-refractivity contribution in [2.24, 2.45) is 11.7 Å². The Morgan fingerprint density at radius 1 is 1.23 bits per heavy atom. The number of fused-ring (bicyclic) bond motifs is 1. The Morgan fingerprint density at radius 2 is 1.92 bits per heavy atom. The first kappa shape index (κ1) is 23.2. The van der Waals surface area contributed by atoms with Crippen LogP contribution in [0.4, 0.5) is 0 Å². The number of amides is 1. The average molecular weight is 404 g/mol. The first-order valence-corrected chi connectivity index (χ1v) is 9.14. The SMILES string of the molecule is Cl.Cl.NC(C(=O)NCCCN1CCc2ccccc2C1)C1CCOCC1. The Balaban J connectivity index is 0.00000169. The third-order valence-corrected chi connectivity index (χ3v) is 5.24. The molecule has 1 saturated heterocycles. The number of carbonyl (C=O) groups excluding carboxylic acids is 1. The third-order valence-electron chi connectivity index (χ3n) is 5.24. The van der Waals surface area contributed by atoms with Crippen LogP contribution in [0.15, 0.2) is 24.3 Å². The van der Waals surface area contributed by atoms with Gasteiger partial charge in [-0.3, -0.25) is 9.69 Å². The van der Waals surface area contributed by atoms with Crippen molar-refractivity contribution in [3.05, 3.63) is 35.4 Å². The molecule has 0 saturated carbocycles. The number of rotatable bonds is 6. The summed E-state index contributed by atoms with van der Waals surface area (Å²) in [4.78, 5) is 14.6. The van der Waals surface area contributed by atoms with Crippen molar-refractivity contribution in [2.75, 3.05) is 32.8 Å². The molecule has 7 heteroatoms. The lowest BCUT2D eigenvalue weighted by atomic mass is 9.92. The van der Waals surface area contributed by atoms with Crippen LogP contribution in [0.2, 0.25) is 0 Å². The van der Waals surface area contributed by atoms with E-state index in [-0.39, 0.29) is 36.6 Å². The minimum Gasteiger partial charge on any atom is -0.381 e. The molecule has 1 amide bonds. The van der Waals surface area contributed by atoms with E-state index < -0.39 is 6.04 Å². The highest BCUT2D eigenvalue weighted by molar-refractivity contribution is 5.85. The molecular formula is C19H31Cl2N3O2. The lowest BCUT2D eigenvalue weighted by Crippen LogP contribution is -2.47. The van der Waals surface area contributed by atoms with Gasteiger partial charge in [0.05, 0.1) is 6.04 Å². The molecule has 148 valence electrons. The fourth-order valence-corrected chi connectivity index (χ4v) is 3.67. The van der Waals surface area contributed by atoms with E-state index in [2.05, 4.69) is 34.5 Å². The van der Waals surface area contributed by atoms with Crippen molar-refractivity contribution in [3.63, 3.8) is 0 Å². The second-order valence-electron chi connectivity index (χ2n) is 6.92. The topological polar surface area (TPSA) is 67.6 Å². The maximum atomic E-state index is 12.2. The molecule has 3 rings (SSSR count). The Morgan fingerprint density at radius 3 is 2.65 bits per heavy atom. The Labute approximate surface area is 168 Å². The molecule has 26 heavy (non-hydrogen) atoms. The quantitative estimate of drug-likeness (QED) is 0.713. The van der Waals surface area contributed by atoms with E-state index in [0.717, 1.165) is 58.5 Å². The predicted molar refractivity (Wildman–Crippen MR) is 109 cm³/mol. The fraction of sp³-hybridized carbons (Fsp3) is 0.632. The van der Waals surface area contributed by atoms with Gasteiger partial charge in [-0.2, -0.15) is 0 Å².